The molecule has 0 aliphatic rings. The molecule has 2 heterocycles. The van der Waals surface area contributed by atoms with Crippen LogP contribution < -0.4 is 5.32 Å². The molecule has 0 saturated carbocycles. The van der Waals surface area contributed by atoms with Crippen LogP contribution in [0.15, 0.2) is 60.1 Å². The molecule has 3 aromatic rings. The maximum Gasteiger partial charge on any atom is 0.142 e. The monoisotopic (exact) mass is 267 g/mol. The molecule has 0 saturated heterocycles. The zero-order valence-electron chi connectivity index (χ0n) is 10.3. The summed E-state index contributed by atoms with van der Waals surface area (Å²) in [6.07, 6.45) is 1.79. The van der Waals surface area contributed by atoms with E-state index in [0.717, 1.165) is 28.6 Å². The van der Waals surface area contributed by atoms with Crippen molar-refractivity contribution in [2.75, 3.05) is 5.32 Å². The summed E-state index contributed by atoms with van der Waals surface area (Å²) >= 11 is 1.62. The van der Waals surface area contributed by atoms with E-state index in [-0.39, 0.29) is 0 Å². The summed E-state index contributed by atoms with van der Waals surface area (Å²) in [5, 5.41) is 6.38. The smallest absolute Gasteiger partial charge is 0.142 e. The number of hydrogen-bond acceptors (Lipinski definition) is 4. The van der Waals surface area contributed by atoms with Crippen LogP contribution >= 0.6 is 11.3 Å². The number of anilines is 1. The number of benzene rings is 1. The molecule has 94 valence electrons. The number of nitrogens with one attached hydrogen (secondary N) is 1. The lowest BCUT2D eigenvalue weighted by Gasteiger charge is -2.02. The van der Waals surface area contributed by atoms with Gasteiger partial charge in [0.05, 0.1) is 17.9 Å². The third-order valence-electron chi connectivity index (χ3n) is 2.68. The van der Waals surface area contributed by atoms with Crippen molar-refractivity contribution in [3.63, 3.8) is 0 Å². The van der Waals surface area contributed by atoms with Crippen LogP contribution in [-0.2, 0) is 6.54 Å². The van der Waals surface area contributed by atoms with Crippen molar-refractivity contribution in [1.82, 2.24) is 9.97 Å². The molecule has 4 heteroatoms. The van der Waals surface area contributed by atoms with Crippen LogP contribution in [0.4, 0.5) is 5.69 Å². The van der Waals surface area contributed by atoms with E-state index in [0.29, 0.717) is 0 Å². The first-order valence-corrected chi connectivity index (χ1v) is 6.94. The van der Waals surface area contributed by atoms with Crippen LogP contribution in [0.5, 0.6) is 0 Å². The molecule has 1 N–H and O–H groups in total. The molecule has 3 rings (SSSR count). The molecule has 0 aliphatic carbocycles. The van der Waals surface area contributed by atoms with E-state index < -0.39 is 0 Å². The largest absolute Gasteiger partial charge is 0.379 e. The van der Waals surface area contributed by atoms with Gasteiger partial charge in [0.1, 0.15) is 5.01 Å². The summed E-state index contributed by atoms with van der Waals surface area (Å²) in [6.45, 7) is 0.730. The number of rotatable bonds is 4. The highest BCUT2D eigenvalue weighted by Crippen LogP contribution is 2.21. The highest BCUT2D eigenvalue weighted by molar-refractivity contribution is 7.13. The molecule has 1 aromatic carbocycles. The SMILES string of the molecule is c1ccc(NCc2csc(-c3ccccn3)n2)cc1. The van der Waals surface area contributed by atoms with E-state index in [1.807, 2.05) is 48.5 Å². The first-order valence-electron chi connectivity index (χ1n) is 6.06. The van der Waals surface area contributed by atoms with Gasteiger partial charge in [-0.15, -0.1) is 11.3 Å². The van der Waals surface area contributed by atoms with Gasteiger partial charge in [-0.1, -0.05) is 24.3 Å². The fraction of sp³-hybridized carbons (Fsp3) is 0.0667. The summed E-state index contributed by atoms with van der Waals surface area (Å²) in [7, 11) is 0. The Hall–Kier alpha value is -2.20. The fourth-order valence-electron chi connectivity index (χ4n) is 1.74. The average molecular weight is 267 g/mol. The Labute approximate surface area is 116 Å². The number of hydrogen-bond donors (Lipinski definition) is 1. The van der Waals surface area contributed by atoms with Crippen molar-refractivity contribution < 1.29 is 0 Å². The first-order chi connectivity index (χ1) is 9.42. The Morgan fingerprint density at radius 3 is 2.63 bits per heavy atom. The van der Waals surface area contributed by atoms with Gasteiger partial charge in [0.2, 0.25) is 0 Å². The Morgan fingerprint density at radius 1 is 1.00 bits per heavy atom. The second kappa shape index (κ2) is 5.63. The Morgan fingerprint density at radius 2 is 1.84 bits per heavy atom. The summed E-state index contributed by atoms with van der Waals surface area (Å²) < 4.78 is 0. The van der Waals surface area contributed by atoms with E-state index in [2.05, 4.69) is 20.7 Å². The van der Waals surface area contributed by atoms with Crippen molar-refractivity contribution in [3.8, 4) is 10.7 Å². The molecule has 0 atom stereocenters. The molecule has 19 heavy (non-hydrogen) atoms. The van der Waals surface area contributed by atoms with E-state index in [1.165, 1.54) is 0 Å². The minimum atomic E-state index is 0.730. The van der Waals surface area contributed by atoms with E-state index in [1.54, 1.807) is 17.5 Å². The second-order valence-corrected chi connectivity index (χ2v) is 4.94. The fourth-order valence-corrected chi connectivity index (χ4v) is 2.54. The lowest BCUT2D eigenvalue weighted by atomic mass is 10.3. The van der Waals surface area contributed by atoms with Gasteiger partial charge in [0.15, 0.2) is 0 Å². The highest BCUT2D eigenvalue weighted by Gasteiger charge is 2.04. The molecule has 0 amide bonds. The van der Waals surface area contributed by atoms with Crippen molar-refractivity contribution in [2.24, 2.45) is 0 Å². The second-order valence-electron chi connectivity index (χ2n) is 4.08. The Bertz CT molecular complexity index is 635. The van der Waals surface area contributed by atoms with Gasteiger partial charge in [-0.25, -0.2) is 4.98 Å². The zero-order chi connectivity index (χ0) is 12.9. The third kappa shape index (κ3) is 2.98. The van der Waals surface area contributed by atoms with Crippen LogP contribution in [0.1, 0.15) is 5.69 Å². The Kier molecular flexibility index (Phi) is 3.51. The van der Waals surface area contributed by atoms with Crippen molar-refractivity contribution >= 4 is 17.0 Å². The van der Waals surface area contributed by atoms with Gasteiger partial charge in [-0.2, -0.15) is 0 Å². The summed E-state index contributed by atoms with van der Waals surface area (Å²) in [6, 6.07) is 16.0. The quantitative estimate of drug-likeness (QED) is 0.781. The molecular weight excluding hydrogens is 254 g/mol. The number of para-hydroxylation sites is 1. The predicted octanol–water partition coefficient (Wildman–Crippen LogP) is 3.82. The van der Waals surface area contributed by atoms with Gasteiger partial charge in [-0.3, -0.25) is 4.98 Å². The highest BCUT2D eigenvalue weighted by atomic mass is 32.1. The van der Waals surface area contributed by atoms with Crippen LogP contribution in [0.25, 0.3) is 10.7 Å². The van der Waals surface area contributed by atoms with Gasteiger partial charge in [-0.05, 0) is 24.3 Å². The minimum absolute atomic E-state index is 0.730. The lowest BCUT2D eigenvalue weighted by molar-refractivity contribution is 1.07. The zero-order valence-corrected chi connectivity index (χ0v) is 11.1. The van der Waals surface area contributed by atoms with Crippen LogP contribution in [0.2, 0.25) is 0 Å². The maximum atomic E-state index is 4.59. The minimum Gasteiger partial charge on any atom is -0.379 e. The molecule has 0 bridgehead atoms. The van der Waals surface area contributed by atoms with Crippen LogP contribution in [-0.4, -0.2) is 9.97 Å². The summed E-state index contributed by atoms with van der Waals surface area (Å²) in [4.78, 5) is 8.90. The number of aromatic nitrogens is 2. The summed E-state index contributed by atoms with van der Waals surface area (Å²) in [5.41, 5.74) is 3.07. The van der Waals surface area contributed by atoms with E-state index >= 15 is 0 Å². The number of nitrogens with zero attached hydrogens (tertiary/aromatic N) is 2. The lowest BCUT2D eigenvalue weighted by Crippen LogP contribution is -1.99. The Balaban J connectivity index is 1.69. The third-order valence-corrected chi connectivity index (χ3v) is 3.60. The van der Waals surface area contributed by atoms with Crippen molar-refractivity contribution in [3.05, 3.63) is 65.8 Å². The molecule has 3 nitrogen and oxygen atoms in total. The summed E-state index contributed by atoms with van der Waals surface area (Å²) in [5.74, 6) is 0. The molecule has 2 aromatic heterocycles. The van der Waals surface area contributed by atoms with Crippen molar-refractivity contribution in [2.45, 2.75) is 6.54 Å². The van der Waals surface area contributed by atoms with E-state index in [4.69, 9.17) is 0 Å². The first kappa shape index (κ1) is 11.9. The van der Waals surface area contributed by atoms with Gasteiger partial charge in [0.25, 0.3) is 0 Å². The molecule has 0 unspecified atom stereocenters. The van der Waals surface area contributed by atoms with Crippen LogP contribution in [0, 0.1) is 0 Å². The average Bonchev–Trinajstić information content (AvgIpc) is 2.96. The molecule has 0 aliphatic heterocycles. The number of thiazole rings is 1. The normalized spacial score (nSPS) is 10.3. The maximum absolute atomic E-state index is 4.59. The van der Waals surface area contributed by atoms with Gasteiger partial charge < -0.3 is 5.32 Å². The molecule has 0 radical (unpaired) electrons. The molecular formula is C15H13N3S. The molecule has 0 spiro atoms. The number of pyridine rings is 1. The van der Waals surface area contributed by atoms with Gasteiger partial charge >= 0.3 is 0 Å². The molecule has 0 fully saturated rings. The van der Waals surface area contributed by atoms with Crippen molar-refractivity contribution in [1.29, 1.82) is 0 Å². The standard InChI is InChI=1S/C15H13N3S/c1-2-6-12(7-3-1)17-10-13-11-19-15(18-13)14-8-4-5-9-16-14/h1-9,11,17H,10H2. The topological polar surface area (TPSA) is 37.8 Å². The predicted molar refractivity (Wildman–Crippen MR) is 79.1 cm³/mol. The van der Waals surface area contributed by atoms with Gasteiger partial charge in [0, 0.05) is 17.3 Å². The van der Waals surface area contributed by atoms with E-state index in [9.17, 15) is 0 Å². The van der Waals surface area contributed by atoms with Crippen LogP contribution in [0.3, 0.4) is 0 Å².